The van der Waals surface area contributed by atoms with Gasteiger partial charge in [0.2, 0.25) is 0 Å². The van der Waals surface area contributed by atoms with Gasteiger partial charge in [-0.3, -0.25) is 15.0 Å². The molecular weight excluding hydrogens is 332 g/mol. The van der Waals surface area contributed by atoms with Crippen LogP contribution >= 0.6 is 0 Å². The standard InChI is InChI=1S/C19H18N4O3/c24-19(22-25)14-3-6-16-17(11-14)21-18(12-20-16)13-1-4-15(5-2-13)23-7-9-26-10-8-23/h1-6,11-12,25H,7-10H2,(H,22,24). The van der Waals surface area contributed by atoms with Crippen LogP contribution in [0, 0.1) is 0 Å². The second-order valence-electron chi connectivity index (χ2n) is 6.05. The van der Waals surface area contributed by atoms with Gasteiger partial charge in [-0.1, -0.05) is 12.1 Å². The van der Waals surface area contributed by atoms with Gasteiger partial charge in [-0.2, -0.15) is 0 Å². The monoisotopic (exact) mass is 350 g/mol. The molecule has 0 radical (unpaired) electrons. The van der Waals surface area contributed by atoms with Gasteiger partial charge in [-0.15, -0.1) is 0 Å². The predicted molar refractivity (Wildman–Crippen MR) is 97.3 cm³/mol. The molecule has 1 aliphatic heterocycles. The number of anilines is 1. The van der Waals surface area contributed by atoms with Gasteiger partial charge in [0.15, 0.2) is 0 Å². The smallest absolute Gasteiger partial charge is 0.274 e. The molecule has 1 aliphatic rings. The highest BCUT2D eigenvalue weighted by molar-refractivity contribution is 5.96. The van der Waals surface area contributed by atoms with Crippen LogP contribution in [0.5, 0.6) is 0 Å². The van der Waals surface area contributed by atoms with E-state index in [-0.39, 0.29) is 0 Å². The van der Waals surface area contributed by atoms with Crippen molar-refractivity contribution in [3.8, 4) is 11.3 Å². The highest BCUT2D eigenvalue weighted by atomic mass is 16.5. The molecule has 2 aromatic carbocycles. The van der Waals surface area contributed by atoms with Crippen LogP contribution < -0.4 is 10.4 Å². The van der Waals surface area contributed by atoms with Gasteiger partial charge in [0.25, 0.3) is 5.91 Å². The largest absolute Gasteiger partial charge is 0.378 e. The Hall–Kier alpha value is -3.03. The van der Waals surface area contributed by atoms with Crippen molar-refractivity contribution in [3.05, 3.63) is 54.2 Å². The Labute approximate surface area is 150 Å². The van der Waals surface area contributed by atoms with Crippen LogP contribution in [0.15, 0.2) is 48.7 Å². The number of carbonyl (C=O) groups is 1. The number of benzene rings is 2. The van der Waals surface area contributed by atoms with Crippen molar-refractivity contribution in [2.75, 3.05) is 31.2 Å². The third kappa shape index (κ3) is 3.22. The van der Waals surface area contributed by atoms with Crippen LogP contribution in [0.3, 0.4) is 0 Å². The van der Waals surface area contributed by atoms with Crippen molar-refractivity contribution in [3.63, 3.8) is 0 Å². The average molecular weight is 350 g/mol. The predicted octanol–water partition coefficient (Wildman–Crippen LogP) is 2.25. The van der Waals surface area contributed by atoms with Crippen LogP contribution in [-0.2, 0) is 4.74 Å². The molecule has 7 nitrogen and oxygen atoms in total. The maximum Gasteiger partial charge on any atom is 0.274 e. The first-order valence-electron chi connectivity index (χ1n) is 8.39. The molecule has 1 aromatic heterocycles. The molecule has 1 saturated heterocycles. The highest BCUT2D eigenvalue weighted by Gasteiger charge is 2.12. The minimum Gasteiger partial charge on any atom is -0.378 e. The topological polar surface area (TPSA) is 87.6 Å². The number of morpholine rings is 1. The second-order valence-corrected chi connectivity index (χ2v) is 6.05. The Morgan fingerprint density at radius 3 is 2.58 bits per heavy atom. The van der Waals surface area contributed by atoms with E-state index in [1.54, 1.807) is 29.9 Å². The fraction of sp³-hybridized carbons (Fsp3) is 0.211. The summed E-state index contributed by atoms with van der Waals surface area (Å²) >= 11 is 0. The molecule has 2 heterocycles. The number of hydrogen-bond acceptors (Lipinski definition) is 6. The van der Waals surface area contributed by atoms with E-state index in [2.05, 4.69) is 27.0 Å². The molecule has 4 rings (SSSR count). The zero-order chi connectivity index (χ0) is 17.9. The van der Waals surface area contributed by atoms with Gasteiger partial charge in [-0.25, -0.2) is 10.5 Å². The minimum absolute atomic E-state index is 0.328. The lowest BCUT2D eigenvalue weighted by Crippen LogP contribution is -2.36. The van der Waals surface area contributed by atoms with E-state index in [1.165, 1.54) is 0 Å². The van der Waals surface area contributed by atoms with E-state index >= 15 is 0 Å². The molecule has 0 saturated carbocycles. The lowest BCUT2D eigenvalue weighted by Gasteiger charge is -2.28. The first-order valence-corrected chi connectivity index (χ1v) is 8.39. The Morgan fingerprint density at radius 2 is 1.85 bits per heavy atom. The molecule has 0 aliphatic carbocycles. The van der Waals surface area contributed by atoms with E-state index in [9.17, 15) is 4.79 Å². The fourth-order valence-corrected chi connectivity index (χ4v) is 3.02. The Balaban J connectivity index is 1.64. The minimum atomic E-state index is -0.575. The van der Waals surface area contributed by atoms with E-state index in [0.717, 1.165) is 43.2 Å². The SMILES string of the molecule is O=C(NO)c1ccc2ncc(-c3ccc(N4CCOCC4)cc3)nc2c1. The summed E-state index contributed by atoms with van der Waals surface area (Å²) in [6.07, 6.45) is 1.72. The summed E-state index contributed by atoms with van der Waals surface area (Å²) in [5.41, 5.74) is 6.08. The molecule has 0 spiro atoms. The summed E-state index contributed by atoms with van der Waals surface area (Å²) < 4.78 is 5.39. The molecule has 0 atom stereocenters. The molecule has 3 aromatic rings. The zero-order valence-electron chi connectivity index (χ0n) is 14.1. The third-order valence-electron chi connectivity index (χ3n) is 4.45. The Kier molecular flexibility index (Phi) is 4.47. The molecule has 7 heteroatoms. The van der Waals surface area contributed by atoms with Crippen molar-refractivity contribution in [1.82, 2.24) is 15.4 Å². The van der Waals surface area contributed by atoms with Gasteiger partial charge in [-0.05, 0) is 30.3 Å². The molecule has 26 heavy (non-hydrogen) atoms. The van der Waals surface area contributed by atoms with Gasteiger partial charge in [0, 0.05) is 29.9 Å². The molecule has 1 fully saturated rings. The number of nitrogens with one attached hydrogen (secondary N) is 1. The van der Waals surface area contributed by atoms with Gasteiger partial charge < -0.3 is 9.64 Å². The van der Waals surface area contributed by atoms with Crippen molar-refractivity contribution in [1.29, 1.82) is 0 Å². The van der Waals surface area contributed by atoms with Crippen LogP contribution in [-0.4, -0.2) is 47.4 Å². The van der Waals surface area contributed by atoms with E-state index in [4.69, 9.17) is 9.94 Å². The van der Waals surface area contributed by atoms with Crippen molar-refractivity contribution in [2.24, 2.45) is 0 Å². The summed E-state index contributed by atoms with van der Waals surface area (Å²) in [5.74, 6) is -0.575. The van der Waals surface area contributed by atoms with Gasteiger partial charge in [0.05, 0.1) is 36.1 Å². The van der Waals surface area contributed by atoms with E-state index in [1.807, 2.05) is 12.1 Å². The fourth-order valence-electron chi connectivity index (χ4n) is 3.02. The van der Waals surface area contributed by atoms with Crippen molar-refractivity contribution >= 4 is 22.6 Å². The number of amides is 1. The number of aromatic nitrogens is 2. The van der Waals surface area contributed by atoms with Crippen LogP contribution in [0.25, 0.3) is 22.3 Å². The van der Waals surface area contributed by atoms with Crippen molar-refractivity contribution < 1.29 is 14.7 Å². The second kappa shape index (κ2) is 7.07. The zero-order valence-corrected chi connectivity index (χ0v) is 14.1. The number of nitrogens with zero attached hydrogens (tertiary/aromatic N) is 3. The summed E-state index contributed by atoms with van der Waals surface area (Å²) in [5, 5.41) is 8.78. The summed E-state index contributed by atoms with van der Waals surface area (Å²) in [4.78, 5) is 22.9. The number of carbonyl (C=O) groups excluding carboxylic acids is 1. The number of rotatable bonds is 3. The maximum atomic E-state index is 11.6. The maximum absolute atomic E-state index is 11.6. The highest BCUT2D eigenvalue weighted by Crippen LogP contribution is 2.24. The molecular formula is C19H18N4O3. The van der Waals surface area contributed by atoms with Crippen molar-refractivity contribution in [2.45, 2.75) is 0 Å². The molecule has 132 valence electrons. The van der Waals surface area contributed by atoms with Crippen LogP contribution in [0.2, 0.25) is 0 Å². The number of fused-ring (bicyclic) bond motifs is 1. The van der Waals surface area contributed by atoms with Crippen LogP contribution in [0.1, 0.15) is 10.4 Å². The molecule has 2 N–H and O–H groups in total. The lowest BCUT2D eigenvalue weighted by atomic mass is 10.1. The molecule has 0 unspecified atom stereocenters. The quantitative estimate of drug-likeness (QED) is 0.556. The van der Waals surface area contributed by atoms with Gasteiger partial charge >= 0.3 is 0 Å². The first-order chi connectivity index (χ1) is 12.7. The van der Waals surface area contributed by atoms with E-state index in [0.29, 0.717) is 16.6 Å². The van der Waals surface area contributed by atoms with Crippen LogP contribution in [0.4, 0.5) is 5.69 Å². The van der Waals surface area contributed by atoms with E-state index < -0.39 is 5.91 Å². The Morgan fingerprint density at radius 1 is 1.08 bits per heavy atom. The number of hydrogen-bond donors (Lipinski definition) is 2. The third-order valence-corrected chi connectivity index (χ3v) is 4.45. The average Bonchev–Trinajstić information content (AvgIpc) is 2.73. The number of ether oxygens (including phenoxy) is 1. The summed E-state index contributed by atoms with van der Waals surface area (Å²) in [6, 6.07) is 13.1. The summed E-state index contributed by atoms with van der Waals surface area (Å²) in [7, 11) is 0. The molecule has 0 bridgehead atoms. The lowest BCUT2D eigenvalue weighted by molar-refractivity contribution is 0.0706. The normalized spacial score (nSPS) is 14.4. The first kappa shape index (κ1) is 16.4. The number of hydroxylamine groups is 1. The summed E-state index contributed by atoms with van der Waals surface area (Å²) in [6.45, 7) is 3.29. The molecule has 1 amide bonds. The van der Waals surface area contributed by atoms with Gasteiger partial charge in [0.1, 0.15) is 0 Å². The Bertz CT molecular complexity index is 937.